The predicted octanol–water partition coefficient (Wildman–Crippen LogP) is 3.41. The van der Waals surface area contributed by atoms with Gasteiger partial charge >= 0.3 is 0 Å². The fraction of sp³-hybridized carbons (Fsp3) is 0.478. The van der Waals surface area contributed by atoms with Gasteiger partial charge in [0.2, 0.25) is 10.0 Å². The summed E-state index contributed by atoms with van der Waals surface area (Å²) in [5.41, 5.74) is 5.73. The van der Waals surface area contributed by atoms with Gasteiger partial charge in [0.05, 0.1) is 4.90 Å². The van der Waals surface area contributed by atoms with E-state index in [0.717, 1.165) is 37.2 Å². The van der Waals surface area contributed by atoms with Gasteiger partial charge in [-0.05, 0) is 75.0 Å². The summed E-state index contributed by atoms with van der Waals surface area (Å²) in [4.78, 5) is 5.08. The van der Waals surface area contributed by atoms with Crippen LogP contribution in [0, 0.1) is 13.8 Å². The van der Waals surface area contributed by atoms with Crippen LogP contribution < -0.4 is 9.62 Å². The van der Waals surface area contributed by atoms with Gasteiger partial charge in [0.15, 0.2) is 0 Å². The lowest BCUT2D eigenvalue weighted by Gasteiger charge is -2.29. The zero-order chi connectivity index (χ0) is 20.6. The van der Waals surface area contributed by atoms with Gasteiger partial charge in [-0.3, -0.25) is 4.90 Å². The lowest BCUT2D eigenvalue weighted by Crippen LogP contribution is -2.37. The minimum Gasteiger partial charge on any atom is -0.374 e. The molecule has 0 bridgehead atoms. The van der Waals surface area contributed by atoms with Crippen LogP contribution in [0.25, 0.3) is 0 Å². The number of benzene rings is 2. The number of likely N-dealkylation sites (tertiary alicyclic amines) is 1. The van der Waals surface area contributed by atoms with Crippen molar-refractivity contribution in [2.75, 3.05) is 38.1 Å². The van der Waals surface area contributed by atoms with Crippen LogP contribution in [-0.4, -0.2) is 46.5 Å². The third-order valence-electron chi connectivity index (χ3n) is 6.28. The Labute approximate surface area is 174 Å². The number of rotatable bonds is 6. The summed E-state index contributed by atoms with van der Waals surface area (Å²) in [5.74, 6) is 0. The van der Waals surface area contributed by atoms with Gasteiger partial charge in [0.1, 0.15) is 0 Å². The first kappa shape index (κ1) is 20.4. The van der Waals surface area contributed by atoms with Crippen molar-refractivity contribution in [3.05, 3.63) is 58.7 Å². The van der Waals surface area contributed by atoms with Crippen molar-refractivity contribution in [3.63, 3.8) is 0 Å². The Morgan fingerprint density at radius 2 is 1.79 bits per heavy atom. The molecule has 2 heterocycles. The first-order valence-corrected chi connectivity index (χ1v) is 12.0. The Kier molecular flexibility index (Phi) is 5.69. The van der Waals surface area contributed by atoms with Gasteiger partial charge in [-0.1, -0.05) is 29.8 Å². The Hall–Kier alpha value is -1.89. The summed E-state index contributed by atoms with van der Waals surface area (Å²) in [7, 11) is -1.42. The molecule has 2 aromatic rings. The Morgan fingerprint density at radius 1 is 1.03 bits per heavy atom. The second kappa shape index (κ2) is 8.09. The van der Waals surface area contributed by atoms with Gasteiger partial charge < -0.3 is 4.90 Å². The smallest absolute Gasteiger partial charge is 0.240 e. The maximum Gasteiger partial charge on any atom is 0.240 e. The standard InChI is InChI=1S/C23H31N3O2S/c1-17-6-9-23(18(2)14-17)29(27,28)24-16-22(26-11-4-5-12-26)19-7-8-21-20(15-19)10-13-25(21)3/h6-9,14-15,22,24H,4-5,10-13,16H2,1-3H3/t22-/m1/s1. The predicted molar refractivity (Wildman–Crippen MR) is 118 cm³/mol. The van der Waals surface area contributed by atoms with Crippen molar-refractivity contribution >= 4 is 15.7 Å². The number of aryl methyl sites for hydroxylation is 2. The molecule has 156 valence electrons. The van der Waals surface area contributed by atoms with Crippen LogP contribution in [0.4, 0.5) is 5.69 Å². The molecule has 4 rings (SSSR count). The molecule has 2 aromatic carbocycles. The number of sulfonamides is 1. The van der Waals surface area contributed by atoms with Crippen molar-refractivity contribution < 1.29 is 8.42 Å². The molecule has 6 heteroatoms. The maximum atomic E-state index is 13.0. The molecule has 1 saturated heterocycles. The van der Waals surface area contributed by atoms with E-state index in [2.05, 4.69) is 39.8 Å². The maximum absolute atomic E-state index is 13.0. The lowest BCUT2D eigenvalue weighted by atomic mass is 10.0. The highest BCUT2D eigenvalue weighted by Gasteiger charge is 2.27. The number of nitrogens with zero attached hydrogens (tertiary/aromatic N) is 2. The molecular weight excluding hydrogens is 382 g/mol. The van der Waals surface area contributed by atoms with E-state index >= 15 is 0 Å². The molecule has 0 aliphatic carbocycles. The lowest BCUT2D eigenvalue weighted by molar-refractivity contribution is 0.246. The molecule has 0 radical (unpaired) electrons. The Bertz CT molecular complexity index is 997. The van der Waals surface area contributed by atoms with E-state index in [0.29, 0.717) is 11.4 Å². The SMILES string of the molecule is Cc1ccc(S(=O)(=O)NC[C@H](c2ccc3c(c2)CCN3C)N2CCCC2)c(C)c1. The molecule has 0 spiro atoms. The third-order valence-corrected chi connectivity index (χ3v) is 7.87. The monoisotopic (exact) mass is 413 g/mol. The molecule has 1 atom stereocenters. The highest BCUT2D eigenvalue weighted by atomic mass is 32.2. The van der Waals surface area contributed by atoms with Crippen LogP contribution in [0.5, 0.6) is 0 Å². The van der Waals surface area contributed by atoms with Gasteiger partial charge in [-0.2, -0.15) is 0 Å². The minimum absolute atomic E-state index is 0.0641. The third kappa shape index (κ3) is 4.20. The van der Waals surface area contributed by atoms with Crippen LogP contribution in [0.2, 0.25) is 0 Å². The summed E-state index contributed by atoms with van der Waals surface area (Å²) in [6, 6.07) is 12.2. The summed E-state index contributed by atoms with van der Waals surface area (Å²) in [5, 5.41) is 0. The molecular formula is C23H31N3O2S. The van der Waals surface area contributed by atoms with Crippen LogP contribution in [0.3, 0.4) is 0 Å². The quantitative estimate of drug-likeness (QED) is 0.789. The van der Waals surface area contributed by atoms with Crippen molar-refractivity contribution in [2.24, 2.45) is 0 Å². The van der Waals surface area contributed by atoms with Crippen molar-refractivity contribution in [1.29, 1.82) is 0 Å². The summed E-state index contributed by atoms with van der Waals surface area (Å²) < 4.78 is 28.9. The van der Waals surface area contributed by atoms with Crippen molar-refractivity contribution in [2.45, 2.75) is 44.0 Å². The van der Waals surface area contributed by atoms with Crippen LogP contribution in [-0.2, 0) is 16.4 Å². The normalized spacial score (nSPS) is 18.2. The molecule has 2 aliphatic heterocycles. The largest absolute Gasteiger partial charge is 0.374 e. The number of likely N-dealkylation sites (N-methyl/N-ethyl adjacent to an activating group) is 1. The molecule has 0 amide bonds. The average Bonchev–Trinajstić information content (AvgIpc) is 3.32. The highest BCUT2D eigenvalue weighted by Crippen LogP contribution is 2.32. The molecule has 1 fully saturated rings. The van der Waals surface area contributed by atoms with Crippen LogP contribution in [0.15, 0.2) is 41.3 Å². The van der Waals surface area contributed by atoms with Gasteiger partial charge in [0, 0.05) is 31.9 Å². The van der Waals surface area contributed by atoms with Crippen molar-refractivity contribution in [3.8, 4) is 0 Å². The number of fused-ring (bicyclic) bond motifs is 1. The topological polar surface area (TPSA) is 52.7 Å². The van der Waals surface area contributed by atoms with Crippen molar-refractivity contribution in [1.82, 2.24) is 9.62 Å². The van der Waals surface area contributed by atoms with E-state index in [9.17, 15) is 8.42 Å². The molecule has 1 N–H and O–H groups in total. The summed E-state index contributed by atoms with van der Waals surface area (Å²) >= 11 is 0. The molecule has 0 unspecified atom stereocenters. The molecule has 0 aromatic heterocycles. The summed E-state index contributed by atoms with van der Waals surface area (Å²) in [6.45, 7) is 7.32. The highest BCUT2D eigenvalue weighted by molar-refractivity contribution is 7.89. The molecule has 2 aliphatic rings. The van der Waals surface area contributed by atoms with E-state index in [1.807, 2.05) is 26.0 Å². The second-order valence-corrected chi connectivity index (χ2v) is 10.2. The zero-order valence-corrected chi connectivity index (χ0v) is 18.4. The second-order valence-electron chi connectivity index (χ2n) is 8.44. The molecule has 5 nitrogen and oxygen atoms in total. The fourth-order valence-corrected chi connectivity index (χ4v) is 5.94. The van der Waals surface area contributed by atoms with E-state index in [1.54, 1.807) is 6.07 Å². The average molecular weight is 414 g/mol. The minimum atomic E-state index is -3.55. The van der Waals surface area contributed by atoms with E-state index in [4.69, 9.17) is 0 Å². The molecule has 29 heavy (non-hydrogen) atoms. The van der Waals surface area contributed by atoms with Gasteiger partial charge in [-0.15, -0.1) is 0 Å². The van der Waals surface area contributed by atoms with E-state index < -0.39 is 10.0 Å². The number of hydrogen-bond acceptors (Lipinski definition) is 4. The summed E-state index contributed by atoms with van der Waals surface area (Å²) in [6.07, 6.45) is 3.41. The number of nitrogens with one attached hydrogen (secondary N) is 1. The van der Waals surface area contributed by atoms with Gasteiger partial charge in [0.25, 0.3) is 0 Å². The zero-order valence-electron chi connectivity index (χ0n) is 17.6. The molecule has 0 saturated carbocycles. The Balaban J connectivity index is 1.58. The van der Waals surface area contributed by atoms with Gasteiger partial charge in [-0.25, -0.2) is 13.1 Å². The van der Waals surface area contributed by atoms with E-state index in [1.165, 1.54) is 29.7 Å². The Morgan fingerprint density at radius 3 is 2.52 bits per heavy atom. The number of anilines is 1. The number of hydrogen-bond donors (Lipinski definition) is 1. The first-order valence-electron chi connectivity index (χ1n) is 10.5. The fourth-order valence-electron chi connectivity index (χ4n) is 4.67. The van der Waals surface area contributed by atoms with Crippen LogP contribution in [0.1, 0.15) is 41.1 Å². The first-order chi connectivity index (χ1) is 13.8. The van der Waals surface area contributed by atoms with E-state index in [-0.39, 0.29) is 6.04 Å². The van der Waals surface area contributed by atoms with Crippen LogP contribution >= 0.6 is 0 Å².